The first kappa shape index (κ1) is 15.7. The molecule has 106 valence electrons. The van der Waals surface area contributed by atoms with Crippen molar-refractivity contribution in [2.24, 2.45) is 17.3 Å². The smallest absolute Gasteiger partial charge is 0.127 e. The Kier molecular flexibility index (Phi) is 6.34. The molecule has 3 atom stereocenters. The molecule has 0 spiro atoms. The van der Waals surface area contributed by atoms with E-state index < -0.39 is 0 Å². The number of hydrogen-bond acceptors (Lipinski definition) is 2. The van der Waals surface area contributed by atoms with Gasteiger partial charge in [0.25, 0.3) is 0 Å². The van der Waals surface area contributed by atoms with E-state index in [4.69, 9.17) is 0 Å². The summed E-state index contributed by atoms with van der Waals surface area (Å²) in [6, 6.07) is 0. The van der Waals surface area contributed by atoms with Crippen LogP contribution in [0.1, 0.15) is 59.8 Å². The third-order valence-corrected chi connectivity index (χ3v) is 4.63. The Morgan fingerprint density at radius 1 is 1.44 bits per heavy atom. The topological polar surface area (TPSA) is 20.3 Å². The zero-order valence-corrected chi connectivity index (χ0v) is 12.7. The maximum atomic E-state index is 11.6. The first-order valence-corrected chi connectivity index (χ1v) is 7.74. The van der Waals surface area contributed by atoms with E-state index >= 15 is 0 Å². The molecule has 0 saturated heterocycles. The maximum Gasteiger partial charge on any atom is 0.127 e. The highest BCUT2D eigenvalue weighted by Gasteiger charge is 2.36. The minimum absolute atomic E-state index is 0.0544. The van der Waals surface area contributed by atoms with Crippen molar-refractivity contribution in [2.75, 3.05) is 19.6 Å². The zero-order chi connectivity index (χ0) is 13.6. The van der Waals surface area contributed by atoms with E-state index in [0.717, 1.165) is 38.4 Å². The Morgan fingerprint density at radius 2 is 2.17 bits per heavy atom. The predicted molar refractivity (Wildman–Crippen MR) is 77.7 cm³/mol. The van der Waals surface area contributed by atoms with E-state index in [2.05, 4.69) is 32.6 Å². The minimum atomic E-state index is -0.0544. The van der Waals surface area contributed by atoms with Gasteiger partial charge in [-0.3, -0.25) is 0 Å². The molecule has 0 aromatic heterocycles. The van der Waals surface area contributed by atoms with Crippen molar-refractivity contribution in [3.05, 3.63) is 0 Å². The zero-order valence-electron chi connectivity index (χ0n) is 12.7. The van der Waals surface area contributed by atoms with Gasteiger partial charge in [0.1, 0.15) is 6.29 Å². The molecule has 0 amide bonds. The third kappa shape index (κ3) is 4.38. The average molecular weight is 253 g/mol. The summed E-state index contributed by atoms with van der Waals surface area (Å²) in [6.45, 7) is 12.2. The molecule has 0 bridgehead atoms. The van der Waals surface area contributed by atoms with Crippen molar-refractivity contribution < 1.29 is 4.79 Å². The molecule has 2 nitrogen and oxygen atoms in total. The van der Waals surface area contributed by atoms with Crippen molar-refractivity contribution in [3.8, 4) is 0 Å². The summed E-state index contributed by atoms with van der Waals surface area (Å²) in [7, 11) is 0. The first-order chi connectivity index (χ1) is 8.55. The lowest BCUT2D eigenvalue weighted by atomic mass is 9.70. The lowest BCUT2D eigenvalue weighted by Crippen LogP contribution is -2.43. The molecular weight excluding hydrogens is 222 g/mol. The summed E-state index contributed by atoms with van der Waals surface area (Å²) in [5, 5.41) is 0. The Bertz CT molecular complexity index is 253. The molecule has 0 aromatic carbocycles. The number of nitrogens with zero attached hydrogens (tertiary/aromatic N) is 1. The number of aldehydes is 1. The SMILES string of the molecule is CCC(C)CN(CC)CC1(C=O)CCCC(C)C1. The van der Waals surface area contributed by atoms with Crippen LogP contribution in [0.3, 0.4) is 0 Å². The lowest BCUT2D eigenvalue weighted by Gasteiger charge is -2.39. The van der Waals surface area contributed by atoms with Gasteiger partial charge in [0.2, 0.25) is 0 Å². The molecular formula is C16H31NO. The van der Waals surface area contributed by atoms with Crippen LogP contribution < -0.4 is 0 Å². The second-order valence-corrected chi connectivity index (χ2v) is 6.52. The van der Waals surface area contributed by atoms with Gasteiger partial charge in [-0.1, -0.05) is 47.0 Å². The highest BCUT2D eigenvalue weighted by molar-refractivity contribution is 5.60. The number of carbonyl (C=O) groups is 1. The van der Waals surface area contributed by atoms with Gasteiger partial charge in [-0.15, -0.1) is 0 Å². The molecule has 2 heteroatoms. The molecule has 1 saturated carbocycles. The second-order valence-electron chi connectivity index (χ2n) is 6.52. The standard InChI is InChI=1S/C16H31NO/c1-5-14(3)11-17(6-2)12-16(13-18)9-7-8-15(4)10-16/h13-15H,5-12H2,1-4H3. The van der Waals surface area contributed by atoms with E-state index in [0.29, 0.717) is 5.92 Å². The van der Waals surface area contributed by atoms with E-state index in [1.54, 1.807) is 0 Å². The first-order valence-electron chi connectivity index (χ1n) is 7.74. The molecule has 0 heterocycles. The predicted octanol–water partition coefficient (Wildman–Crippen LogP) is 3.75. The molecule has 1 fully saturated rings. The van der Waals surface area contributed by atoms with Gasteiger partial charge < -0.3 is 9.69 Å². The molecule has 1 aliphatic rings. The number of rotatable bonds is 7. The summed E-state index contributed by atoms with van der Waals surface area (Å²) in [5.41, 5.74) is -0.0544. The molecule has 3 unspecified atom stereocenters. The van der Waals surface area contributed by atoms with E-state index in [1.807, 2.05) is 0 Å². The number of carbonyl (C=O) groups excluding carboxylic acids is 1. The normalized spacial score (nSPS) is 30.4. The van der Waals surface area contributed by atoms with Crippen LogP contribution in [0.25, 0.3) is 0 Å². The third-order valence-electron chi connectivity index (χ3n) is 4.63. The van der Waals surface area contributed by atoms with Crippen molar-refractivity contribution in [1.29, 1.82) is 0 Å². The fraction of sp³-hybridized carbons (Fsp3) is 0.938. The molecule has 0 aliphatic heterocycles. The summed E-state index contributed by atoms with van der Waals surface area (Å²) in [4.78, 5) is 14.1. The van der Waals surface area contributed by atoms with E-state index in [9.17, 15) is 4.79 Å². The lowest BCUT2D eigenvalue weighted by molar-refractivity contribution is -0.120. The van der Waals surface area contributed by atoms with Gasteiger partial charge in [-0.05, 0) is 31.2 Å². The highest BCUT2D eigenvalue weighted by Crippen LogP contribution is 2.38. The summed E-state index contributed by atoms with van der Waals surface area (Å²) in [6.07, 6.45) is 7.20. The van der Waals surface area contributed by atoms with Gasteiger partial charge in [-0.2, -0.15) is 0 Å². The van der Waals surface area contributed by atoms with Crippen molar-refractivity contribution >= 4 is 6.29 Å². The largest absolute Gasteiger partial charge is 0.303 e. The summed E-state index contributed by atoms with van der Waals surface area (Å²) >= 11 is 0. The van der Waals surface area contributed by atoms with Gasteiger partial charge in [0.05, 0.1) is 0 Å². The van der Waals surface area contributed by atoms with Crippen LogP contribution in [0.15, 0.2) is 0 Å². The van der Waals surface area contributed by atoms with Crippen LogP contribution in [0.5, 0.6) is 0 Å². The van der Waals surface area contributed by atoms with Gasteiger partial charge >= 0.3 is 0 Å². The Balaban J connectivity index is 2.61. The maximum absolute atomic E-state index is 11.6. The summed E-state index contributed by atoms with van der Waals surface area (Å²) < 4.78 is 0. The molecule has 0 radical (unpaired) electrons. The second kappa shape index (κ2) is 7.28. The van der Waals surface area contributed by atoms with Crippen LogP contribution in [0.4, 0.5) is 0 Å². The molecule has 1 rings (SSSR count). The van der Waals surface area contributed by atoms with Gasteiger partial charge in [0.15, 0.2) is 0 Å². The molecule has 0 N–H and O–H groups in total. The monoisotopic (exact) mass is 253 g/mol. The van der Waals surface area contributed by atoms with Crippen molar-refractivity contribution in [1.82, 2.24) is 4.90 Å². The van der Waals surface area contributed by atoms with Crippen molar-refractivity contribution in [2.45, 2.75) is 59.8 Å². The quantitative estimate of drug-likeness (QED) is 0.644. The fourth-order valence-electron chi connectivity index (χ4n) is 3.31. The van der Waals surface area contributed by atoms with E-state index in [-0.39, 0.29) is 5.41 Å². The fourth-order valence-corrected chi connectivity index (χ4v) is 3.31. The Labute approximate surface area is 113 Å². The van der Waals surface area contributed by atoms with Crippen molar-refractivity contribution in [3.63, 3.8) is 0 Å². The van der Waals surface area contributed by atoms with Crippen LogP contribution in [0.2, 0.25) is 0 Å². The van der Waals surface area contributed by atoms with E-state index in [1.165, 1.54) is 25.5 Å². The Hall–Kier alpha value is -0.370. The van der Waals surface area contributed by atoms with Crippen LogP contribution in [0, 0.1) is 17.3 Å². The Morgan fingerprint density at radius 3 is 2.67 bits per heavy atom. The van der Waals surface area contributed by atoms with Crippen LogP contribution in [-0.4, -0.2) is 30.8 Å². The average Bonchev–Trinajstić information content (AvgIpc) is 2.37. The van der Waals surface area contributed by atoms with Gasteiger partial charge in [-0.25, -0.2) is 0 Å². The van der Waals surface area contributed by atoms with Gasteiger partial charge in [0, 0.05) is 18.5 Å². The molecule has 0 aromatic rings. The number of hydrogen-bond donors (Lipinski definition) is 0. The molecule has 1 aliphatic carbocycles. The highest BCUT2D eigenvalue weighted by atomic mass is 16.1. The molecule has 18 heavy (non-hydrogen) atoms. The summed E-state index contributed by atoms with van der Waals surface area (Å²) in [5.74, 6) is 1.45. The van der Waals surface area contributed by atoms with Crippen LogP contribution >= 0.6 is 0 Å². The van der Waals surface area contributed by atoms with Crippen LogP contribution in [-0.2, 0) is 4.79 Å². The minimum Gasteiger partial charge on any atom is -0.303 e.